The van der Waals surface area contributed by atoms with Crippen molar-refractivity contribution >= 4 is 51.4 Å². The van der Waals surface area contributed by atoms with E-state index in [-0.39, 0.29) is 51.4 Å². The standard InChI is InChI=1S/C18H38O2.K/c1-3-5-7-9-11-13-15-17(19)18(20)16-14-12-10-8-6-4-2;/h17-20H,3-16H2,1-2H3;. The van der Waals surface area contributed by atoms with Crippen LogP contribution in [-0.4, -0.2) is 73.8 Å². The molecule has 0 amide bonds. The fourth-order valence-electron chi connectivity index (χ4n) is 2.65. The molecule has 2 nitrogen and oxygen atoms in total. The van der Waals surface area contributed by atoms with E-state index in [1.54, 1.807) is 0 Å². The van der Waals surface area contributed by atoms with Crippen LogP contribution in [0.3, 0.4) is 0 Å². The molecule has 0 aliphatic rings. The molecular formula is C18H38KO2. The van der Waals surface area contributed by atoms with E-state index in [0.29, 0.717) is 0 Å². The molecule has 2 N–H and O–H groups in total. The zero-order valence-corrected chi connectivity index (χ0v) is 18.1. The van der Waals surface area contributed by atoms with E-state index in [0.717, 1.165) is 25.7 Å². The van der Waals surface area contributed by atoms with Crippen LogP contribution < -0.4 is 0 Å². The molecule has 21 heavy (non-hydrogen) atoms. The number of hydrogen-bond donors (Lipinski definition) is 2. The van der Waals surface area contributed by atoms with Crippen molar-refractivity contribution in [3.8, 4) is 0 Å². The molecule has 0 spiro atoms. The molecule has 0 aromatic carbocycles. The first-order chi connectivity index (χ1) is 9.72. The van der Waals surface area contributed by atoms with Crippen LogP contribution in [0.25, 0.3) is 0 Å². The molecule has 0 aliphatic carbocycles. The summed E-state index contributed by atoms with van der Waals surface area (Å²) in [5.41, 5.74) is 0. The summed E-state index contributed by atoms with van der Waals surface area (Å²) in [5, 5.41) is 19.8. The zero-order valence-electron chi connectivity index (χ0n) is 14.9. The van der Waals surface area contributed by atoms with Gasteiger partial charge in [-0.1, -0.05) is 90.9 Å². The van der Waals surface area contributed by atoms with Crippen molar-refractivity contribution in [3.63, 3.8) is 0 Å². The fourth-order valence-corrected chi connectivity index (χ4v) is 2.65. The van der Waals surface area contributed by atoms with Crippen LogP contribution in [0.5, 0.6) is 0 Å². The Labute approximate surface area is 175 Å². The summed E-state index contributed by atoms with van der Waals surface area (Å²) >= 11 is 0. The molecule has 0 aromatic heterocycles. The third-order valence-corrected chi connectivity index (χ3v) is 4.15. The third-order valence-electron chi connectivity index (χ3n) is 4.15. The maximum atomic E-state index is 9.91. The second-order valence-electron chi connectivity index (χ2n) is 6.25. The predicted molar refractivity (Wildman–Crippen MR) is 93.8 cm³/mol. The summed E-state index contributed by atoms with van der Waals surface area (Å²) in [6, 6.07) is 0. The summed E-state index contributed by atoms with van der Waals surface area (Å²) in [6.45, 7) is 4.45. The Morgan fingerprint density at radius 1 is 0.524 bits per heavy atom. The van der Waals surface area contributed by atoms with E-state index >= 15 is 0 Å². The van der Waals surface area contributed by atoms with Gasteiger partial charge in [0.25, 0.3) is 0 Å². The number of aliphatic hydroxyl groups excluding tert-OH is 2. The Bertz CT molecular complexity index is 168. The van der Waals surface area contributed by atoms with Gasteiger partial charge in [0.15, 0.2) is 0 Å². The van der Waals surface area contributed by atoms with Crippen molar-refractivity contribution in [2.75, 3.05) is 0 Å². The SMILES string of the molecule is CCCCCCCCC(O)C(O)CCCCCCCC.[K]. The van der Waals surface area contributed by atoms with Crippen LogP contribution in [0.15, 0.2) is 0 Å². The van der Waals surface area contributed by atoms with Crippen molar-refractivity contribution in [2.45, 2.75) is 116 Å². The summed E-state index contributed by atoms with van der Waals surface area (Å²) in [7, 11) is 0. The minimum absolute atomic E-state index is 0. The molecule has 0 saturated heterocycles. The molecule has 3 heteroatoms. The van der Waals surface area contributed by atoms with Crippen molar-refractivity contribution < 1.29 is 10.2 Å². The van der Waals surface area contributed by atoms with Crippen molar-refractivity contribution in [2.24, 2.45) is 0 Å². The minimum atomic E-state index is -0.503. The molecule has 0 rings (SSSR count). The number of unbranched alkanes of at least 4 members (excludes halogenated alkanes) is 10. The number of aliphatic hydroxyl groups is 2. The Kier molecular flexibility index (Phi) is 23.2. The Hall–Kier alpha value is 1.56. The van der Waals surface area contributed by atoms with Crippen LogP contribution in [0.1, 0.15) is 104 Å². The van der Waals surface area contributed by atoms with Gasteiger partial charge in [0, 0.05) is 51.4 Å². The first kappa shape index (κ1) is 24.8. The molecule has 0 aromatic rings. The number of hydrogen-bond acceptors (Lipinski definition) is 2. The van der Waals surface area contributed by atoms with Gasteiger partial charge in [0.2, 0.25) is 0 Å². The fraction of sp³-hybridized carbons (Fsp3) is 1.00. The van der Waals surface area contributed by atoms with Gasteiger partial charge in [-0.3, -0.25) is 0 Å². The zero-order chi connectivity index (χ0) is 15.1. The first-order valence-electron chi connectivity index (χ1n) is 9.08. The van der Waals surface area contributed by atoms with E-state index in [1.165, 1.54) is 64.2 Å². The Morgan fingerprint density at radius 3 is 1.14 bits per heavy atom. The largest absolute Gasteiger partial charge is 0.390 e. The maximum Gasteiger partial charge on any atom is 0.0799 e. The summed E-state index contributed by atoms with van der Waals surface area (Å²) in [4.78, 5) is 0. The normalized spacial score (nSPS) is 13.7. The van der Waals surface area contributed by atoms with Crippen LogP contribution in [0.2, 0.25) is 0 Å². The molecule has 0 bridgehead atoms. The van der Waals surface area contributed by atoms with E-state index in [1.807, 2.05) is 0 Å². The van der Waals surface area contributed by atoms with Gasteiger partial charge in [-0.2, -0.15) is 0 Å². The van der Waals surface area contributed by atoms with Crippen LogP contribution in [0, 0.1) is 0 Å². The van der Waals surface area contributed by atoms with Crippen molar-refractivity contribution in [3.05, 3.63) is 0 Å². The molecule has 0 heterocycles. The first-order valence-corrected chi connectivity index (χ1v) is 9.08. The van der Waals surface area contributed by atoms with Crippen LogP contribution in [0.4, 0.5) is 0 Å². The molecule has 0 aliphatic heterocycles. The third kappa shape index (κ3) is 17.7. The van der Waals surface area contributed by atoms with Gasteiger partial charge in [-0.25, -0.2) is 0 Å². The average Bonchev–Trinajstić information content (AvgIpc) is 2.45. The maximum absolute atomic E-state index is 9.91. The smallest absolute Gasteiger partial charge is 0.0799 e. The van der Waals surface area contributed by atoms with Gasteiger partial charge in [0.1, 0.15) is 0 Å². The van der Waals surface area contributed by atoms with Gasteiger partial charge in [-0.05, 0) is 12.8 Å². The van der Waals surface area contributed by atoms with Gasteiger partial charge in [0.05, 0.1) is 12.2 Å². The van der Waals surface area contributed by atoms with E-state index < -0.39 is 12.2 Å². The predicted octanol–water partition coefficient (Wildman–Crippen LogP) is 4.83. The molecule has 0 saturated carbocycles. The van der Waals surface area contributed by atoms with Crippen molar-refractivity contribution in [1.82, 2.24) is 0 Å². The van der Waals surface area contributed by atoms with Crippen molar-refractivity contribution in [1.29, 1.82) is 0 Å². The van der Waals surface area contributed by atoms with E-state index in [9.17, 15) is 10.2 Å². The molecule has 2 unspecified atom stereocenters. The van der Waals surface area contributed by atoms with E-state index in [2.05, 4.69) is 13.8 Å². The minimum Gasteiger partial charge on any atom is -0.390 e. The summed E-state index contributed by atoms with van der Waals surface area (Å²) in [6.07, 6.45) is 15.4. The topological polar surface area (TPSA) is 40.5 Å². The number of rotatable bonds is 15. The van der Waals surface area contributed by atoms with Gasteiger partial charge >= 0.3 is 0 Å². The molecule has 123 valence electrons. The molecular weight excluding hydrogens is 287 g/mol. The van der Waals surface area contributed by atoms with Crippen LogP contribution in [-0.2, 0) is 0 Å². The van der Waals surface area contributed by atoms with Gasteiger partial charge in [-0.15, -0.1) is 0 Å². The second-order valence-corrected chi connectivity index (χ2v) is 6.25. The average molecular weight is 326 g/mol. The Balaban J connectivity index is 0. The summed E-state index contributed by atoms with van der Waals surface area (Å²) in [5.74, 6) is 0. The molecule has 0 fully saturated rings. The van der Waals surface area contributed by atoms with E-state index in [4.69, 9.17) is 0 Å². The quantitative estimate of drug-likeness (QED) is 0.334. The van der Waals surface area contributed by atoms with Crippen LogP contribution >= 0.6 is 0 Å². The monoisotopic (exact) mass is 325 g/mol. The second kappa shape index (κ2) is 19.6. The Morgan fingerprint density at radius 2 is 0.810 bits per heavy atom. The van der Waals surface area contributed by atoms with Gasteiger partial charge < -0.3 is 10.2 Å². The molecule has 2 atom stereocenters. The molecule has 1 radical (unpaired) electrons. The summed E-state index contributed by atoms with van der Waals surface area (Å²) < 4.78 is 0.